The van der Waals surface area contributed by atoms with E-state index in [4.69, 9.17) is 0 Å². The number of fused-ring (bicyclic) bond motifs is 2. The average Bonchev–Trinajstić information content (AvgIpc) is 2.73. The number of hydrogen-bond acceptors (Lipinski definition) is 2. The van der Waals surface area contributed by atoms with Crippen molar-refractivity contribution in [2.24, 2.45) is 0 Å². The molecular weight excluding hydrogens is 344 g/mol. The molecule has 0 aliphatic rings. The van der Waals surface area contributed by atoms with Crippen molar-refractivity contribution in [3.05, 3.63) is 96.1 Å². The van der Waals surface area contributed by atoms with Crippen molar-refractivity contribution in [1.29, 1.82) is 0 Å². The van der Waals surface area contributed by atoms with Crippen molar-refractivity contribution in [2.45, 2.75) is 6.04 Å². The van der Waals surface area contributed by atoms with E-state index in [9.17, 15) is 4.79 Å². The van der Waals surface area contributed by atoms with Gasteiger partial charge in [-0.15, -0.1) is 0 Å². The summed E-state index contributed by atoms with van der Waals surface area (Å²) in [5.74, 6) is -0.0437. The smallest absolute Gasteiger partial charge is 0.251 e. The van der Waals surface area contributed by atoms with Gasteiger partial charge in [0.25, 0.3) is 5.91 Å². The van der Waals surface area contributed by atoms with Crippen LogP contribution >= 0.6 is 0 Å². The molecule has 1 N–H and O–H groups in total. The second kappa shape index (κ2) is 7.83. The lowest BCUT2D eigenvalue weighted by molar-refractivity contribution is 0.0942. The predicted octanol–water partition coefficient (Wildman–Crippen LogP) is 5.03. The zero-order valence-electron chi connectivity index (χ0n) is 16.2. The van der Waals surface area contributed by atoms with E-state index in [1.165, 1.54) is 16.3 Å². The van der Waals surface area contributed by atoms with Crippen LogP contribution in [-0.4, -0.2) is 31.4 Å². The van der Waals surface area contributed by atoms with Crippen molar-refractivity contribution in [3.63, 3.8) is 0 Å². The lowest BCUT2D eigenvalue weighted by Crippen LogP contribution is -2.34. The fourth-order valence-corrected chi connectivity index (χ4v) is 3.73. The number of nitrogens with one attached hydrogen (secondary N) is 1. The first-order valence-electron chi connectivity index (χ1n) is 9.54. The topological polar surface area (TPSA) is 32.3 Å². The first-order valence-corrected chi connectivity index (χ1v) is 9.54. The SMILES string of the molecule is CN(C)[C@@H](CNC(=O)c1ccc2ccccc2c1)c1cccc2ccccc12. The van der Waals surface area contributed by atoms with Crippen molar-refractivity contribution in [3.8, 4) is 0 Å². The summed E-state index contributed by atoms with van der Waals surface area (Å²) in [5, 5.41) is 7.79. The summed E-state index contributed by atoms with van der Waals surface area (Å²) < 4.78 is 0. The van der Waals surface area contributed by atoms with E-state index in [0.29, 0.717) is 12.1 Å². The van der Waals surface area contributed by atoms with Crippen molar-refractivity contribution in [2.75, 3.05) is 20.6 Å². The van der Waals surface area contributed by atoms with Crippen LogP contribution in [0.15, 0.2) is 84.9 Å². The van der Waals surface area contributed by atoms with Crippen LogP contribution < -0.4 is 5.32 Å². The largest absolute Gasteiger partial charge is 0.350 e. The van der Waals surface area contributed by atoms with Crippen LogP contribution in [0.2, 0.25) is 0 Å². The summed E-state index contributed by atoms with van der Waals surface area (Å²) in [6.07, 6.45) is 0. The molecule has 3 nitrogen and oxygen atoms in total. The lowest BCUT2D eigenvalue weighted by atomic mass is 9.98. The third-order valence-corrected chi connectivity index (χ3v) is 5.27. The molecule has 28 heavy (non-hydrogen) atoms. The first kappa shape index (κ1) is 18.2. The molecule has 0 spiro atoms. The Morgan fingerprint density at radius 1 is 0.821 bits per heavy atom. The van der Waals surface area contributed by atoms with Gasteiger partial charge in [0.1, 0.15) is 0 Å². The Kier molecular flexibility index (Phi) is 5.09. The summed E-state index contributed by atoms with van der Waals surface area (Å²) >= 11 is 0. The Hall–Kier alpha value is -3.17. The molecule has 0 unspecified atom stereocenters. The maximum absolute atomic E-state index is 12.8. The van der Waals surface area contributed by atoms with Crippen LogP contribution in [0.5, 0.6) is 0 Å². The number of amides is 1. The highest BCUT2D eigenvalue weighted by Gasteiger charge is 2.18. The highest BCUT2D eigenvalue weighted by Crippen LogP contribution is 2.27. The van der Waals surface area contributed by atoms with Gasteiger partial charge in [0, 0.05) is 12.1 Å². The average molecular weight is 368 g/mol. The summed E-state index contributed by atoms with van der Waals surface area (Å²) in [5.41, 5.74) is 1.91. The summed E-state index contributed by atoms with van der Waals surface area (Å²) in [6.45, 7) is 0.548. The fraction of sp³-hybridized carbons (Fsp3) is 0.160. The fourth-order valence-electron chi connectivity index (χ4n) is 3.73. The normalized spacial score (nSPS) is 12.4. The van der Waals surface area contributed by atoms with E-state index in [1.807, 2.05) is 36.4 Å². The van der Waals surface area contributed by atoms with Crippen LogP contribution in [0.3, 0.4) is 0 Å². The van der Waals surface area contributed by atoms with Crippen molar-refractivity contribution in [1.82, 2.24) is 10.2 Å². The molecule has 1 amide bonds. The Morgan fingerprint density at radius 3 is 2.29 bits per heavy atom. The molecule has 0 bridgehead atoms. The molecular formula is C25H24N2O. The van der Waals surface area contributed by atoms with Crippen molar-refractivity contribution < 1.29 is 4.79 Å². The molecule has 3 heteroatoms. The Balaban J connectivity index is 1.57. The highest BCUT2D eigenvalue weighted by molar-refractivity contribution is 5.98. The molecule has 4 aromatic rings. The van der Waals surface area contributed by atoms with Crippen LogP contribution in [-0.2, 0) is 0 Å². The van der Waals surface area contributed by atoms with E-state index in [0.717, 1.165) is 10.8 Å². The maximum Gasteiger partial charge on any atom is 0.251 e. The Labute approximate surface area is 165 Å². The van der Waals surface area contributed by atoms with E-state index in [-0.39, 0.29) is 11.9 Å². The van der Waals surface area contributed by atoms with Crippen LogP contribution in [0.25, 0.3) is 21.5 Å². The molecule has 4 rings (SSSR count). The first-order chi connectivity index (χ1) is 13.6. The highest BCUT2D eigenvalue weighted by atomic mass is 16.1. The number of benzene rings is 4. The van der Waals surface area contributed by atoms with E-state index in [1.54, 1.807) is 0 Å². The van der Waals surface area contributed by atoms with Gasteiger partial charge >= 0.3 is 0 Å². The van der Waals surface area contributed by atoms with E-state index < -0.39 is 0 Å². The molecule has 0 saturated carbocycles. The van der Waals surface area contributed by atoms with Gasteiger partial charge in [0.15, 0.2) is 0 Å². The number of rotatable bonds is 5. The third-order valence-electron chi connectivity index (χ3n) is 5.27. The Morgan fingerprint density at radius 2 is 1.50 bits per heavy atom. The maximum atomic E-state index is 12.8. The molecule has 0 saturated heterocycles. The van der Waals surface area contributed by atoms with Crippen LogP contribution in [0, 0.1) is 0 Å². The molecule has 0 radical (unpaired) electrons. The van der Waals surface area contributed by atoms with E-state index in [2.05, 4.69) is 72.8 Å². The molecule has 140 valence electrons. The number of nitrogens with zero attached hydrogens (tertiary/aromatic N) is 1. The quantitative estimate of drug-likeness (QED) is 0.536. The lowest BCUT2D eigenvalue weighted by Gasteiger charge is -2.26. The zero-order chi connectivity index (χ0) is 19.5. The second-order valence-corrected chi connectivity index (χ2v) is 7.32. The second-order valence-electron chi connectivity index (χ2n) is 7.32. The van der Waals surface area contributed by atoms with Gasteiger partial charge in [-0.3, -0.25) is 4.79 Å². The molecule has 0 aliphatic heterocycles. The van der Waals surface area contributed by atoms with Gasteiger partial charge in [-0.25, -0.2) is 0 Å². The molecule has 0 aliphatic carbocycles. The zero-order valence-corrected chi connectivity index (χ0v) is 16.2. The molecule has 0 fully saturated rings. The van der Waals surface area contributed by atoms with Gasteiger partial charge in [-0.2, -0.15) is 0 Å². The molecule has 0 heterocycles. The monoisotopic (exact) mass is 368 g/mol. The van der Waals surface area contributed by atoms with Gasteiger partial charge in [0.05, 0.1) is 6.04 Å². The molecule has 0 aromatic heterocycles. The van der Waals surface area contributed by atoms with Crippen LogP contribution in [0.4, 0.5) is 0 Å². The number of carbonyl (C=O) groups excluding carboxylic acids is 1. The molecule has 1 atom stereocenters. The number of likely N-dealkylation sites (N-methyl/N-ethyl adjacent to an activating group) is 1. The van der Waals surface area contributed by atoms with Gasteiger partial charge in [-0.1, -0.05) is 72.8 Å². The number of hydrogen-bond donors (Lipinski definition) is 1. The third kappa shape index (κ3) is 3.62. The standard InChI is InChI=1S/C25H24N2O/c1-27(2)24(23-13-7-11-19-9-5-6-12-22(19)23)17-26-25(28)21-15-14-18-8-3-4-10-20(18)16-21/h3-16,24H,17H2,1-2H3,(H,26,28)/t24-/m0/s1. The molecule has 4 aromatic carbocycles. The minimum Gasteiger partial charge on any atom is -0.350 e. The van der Waals surface area contributed by atoms with Gasteiger partial charge < -0.3 is 10.2 Å². The van der Waals surface area contributed by atoms with Crippen LogP contribution in [0.1, 0.15) is 22.0 Å². The minimum atomic E-state index is -0.0437. The summed E-state index contributed by atoms with van der Waals surface area (Å²) in [4.78, 5) is 14.9. The number of carbonyl (C=O) groups is 1. The Bertz CT molecular complexity index is 1130. The minimum absolute atomic E-state index is 0.0437. The van der Waals surface area contributed by atoms with Gasteiger partial charge in [0.2, 0.25) is 0 Å². The predicted molar refractivity (Wildman–Crippen MR) is 117 cm³/mol. The summed E-state index contributed by atoms with van der Waals surface area (Å²) in [7, 11) is 4.10. The van der Waals surface area contributed by atoms with Gasteiger partial charge in [-0.05, 0) is 53.3 Å². The summed E-state index contributed by atoms with van der Waals surface area (Å²) in [6, 6.07) is 28.8. The van der Waals surface area contributed by atoms with E-state index >= 15 is 0 Å². The van der Waals surface area contributed by atoms with Crippen molar-refractivity contribution >= 4 is 27.5 Å².